The van der Waals surface area contributed by atoms with E-state index in [1.165, 1.54) is 24.8 Å². The Labute approximate surface area is 184 Å². The van der Waals surface area contributed by atoms with Crippen molar-refractivity contribution < 1.29 is 9.47 Å². The van der Waals surface area contributed by atoms with Crippen molar-refractivity contribution in [2.24, 2.45) is 0 Å². The molecule has 5 heteroatoms. The Morgan fingerprint density at radius 1 is 0.903 bits per heavy atom. The molecule has 1 aromatic carbocycles. The van der Waals surface area contributed by atoms with E-state index in [-0.39, 0.29) is 6.23 Å². The summed E-state index contributed by atoms with van der Waals surface area (Å²) < 4.78 is 14.3. The lowest BCUT2D eigenvalue weighted by Gasteiger charge is -2.29. The lowest BCUT2D eigenvalue weighted by molar-refractivity contribution is -0.0384. The van der Waals surface area contributed by atoms with Crippen LogP contribution in [-0.4, -0.2) is 27.5 Å². The van der Waals surface area contributed by atoms with E-state index in [1.807, 2.05) is 23.1 Å². The first-order chi connectivity index (χ1) is 15.4. The van der Waals surface area contributed by atoms with E-state index in [1.54, 1.807) is 0 Å². The molecule has 1 unspecified atom stereocenters. The zero-order valence-corrected chi connectivity index (χ0v) is 18.0. The van der Waals surface area contributed by atoms with Gasteiger partial charge in [0.05, 0.1) is 24.1 Å². The van der Waals surface area contributed by atoms with E-state index >= 15 is 0 Å². The van der Waals surface area contributed by atoms with Crippen molar-refractivity contribution in [1.29, 1.82) is 0 Å². The number of benzene rings is 1. The van der Waals surface area contributed by atoms with Gasteiger partial charge in [0.1, 0.15) is 0 Å². The van der Waals surface area contributed by atoms with Crippen LogP contribution in [0.1, 0.15) is 68.3 Å². The Morgan fingerprint density at radius 2 is 1.77 bits per heavy atom. The highest BCUT2D eigenvalue weighted by Crippen LogP contribution is 2.35. The lowest BCUT2D eigenvalue weighted by atomic mass is 9.83. The van der Waals surface area contributed by atoms with Crippen molar-refractivity contribution in [2.45, 2.75) is 69.8 Å². The SMILES string of the molecule is c1ccc(C2CCC(OCc3ncccc3-c3ccnn3C3CCCCO3)CC2)cc1. The van der Waals surface area contributed by atoms with E-state index < -0.39 is 0 Å². The summed E-state index contributed by atoms with van der Waals surface area (Å²) in [4.78, 5) is 4.66. The topological polar surface area (TPSA) is 49.2 Å². The van der Waals surface area contributed by atoms with E-state index in [0.717, 1.165) is 49.2 Å². The second-order valence-electron chi connectivity index (χ2n) is 8.68. The average Bonchev–Trinajstić information content (AvgIpc) is 3.34. The molecule has 0 bridgehead atoms. The van der Waals surface area contributed by atoms with Crippen LogP contribution in [0.3, 0.4) is 0 Å². The van der Waals surface area contributed by atoms with Crippen LogP contribution in [0.15, 0.2) is 60.9 Å². The van der Waals surface area contributed by atoms with Crippen molar-refractivity contribution in [1.82, 2.24) is 14.8 Å². The Hall–Kier alpha value is -2.50. The molecule has 0 spiro atoms. The molecule has 1 saturated carbocycles. The van der Waals surface area contributed by atoms with Crippen molar-refractivity contribution >= 4 is 0 Å². The zero-order valence-electron chi connectivity index (χ0n) is 18.0. The summed E-state index contributed by atoms with van der Waals surface area (Å²) in [6.07, 6.45) is 11.9. The highest BCUT2D eigenvalue weighted by atomic mass is 16.5. The highest BCUT2D eigenvalue weighted by molar-refractivity contribution is 5.62. The van der Waals surface area contributed by atoms with Crippen molar-refractivity contribution in [3.8, 4) is 11.3 Å². The molecule has 31 heavy (non-hydrogen) atoms. The molecule has 162 valence electrons. The zero-order chi connectivity index (χ0) is 20.9. The van der Waals surface area contributed by atoms with Gasteiger partial charge in [0.25, 0.3) is 0 Å². The van der Waals surface area contributed by atoms with Gasteiger partial charge in [-0.3, -0.25) is 4.98 Å². The minimum absolute atomic E-state index is 0.0148. The number of pyridine rings is 1. The van der Waals surface area contributed by atoms with Crippen LogP contribution in [0.4, 0.5) is 0 Å². The van der Waals surface area contributed by atoms with Gasteiger partial charge in [0.15, 0.2) is 6.23 Å². The van der Waals surface area contributed by atoms with Crippen LogP contribution in [0.25, 0.3) is 11.3 Å². The van der Waals surface area contributed by atoms with Gasteiger partial charge in [-0.25, -0.2) is 4.68 Å². The smallest absolute Gasteiger partial charge is 0.150 e. The van der Waals surface area contributed by atoms with Crippen LogP contribution in [0.2, 0.25) is 0 Å². The van der Waals surface area contributed by atoms with Crippen molar-refractivity contribution in [3.63, 3.8) is 0 Å². The van der Waals surface area contributed by atoms with Crippen LogP contribution >= 0.6 is 0 Å². The summed E-state index contributed by atoms with van der Waals surface area (Å²) in [6.45, 7) is 1.34. The summed E-state index contributed by atoms with van der Waals surface area (Å²) >= 11 is 0. The van der Waals surface area contributed by atoms with Gasteiger partial charge in [-0.1, -0.05) is 30.3 Å². The minimum Gasteiger partial charge on any atom is -0.372 e. The number of aromatic nitrogens is 3. The predicted molar refractivity (Wildman–Crippen MR) is 121 cm³/mol. The first-order valence-corrected chi connectivity index (χ1v) is 11.6. The van der Waals surface area contributed by atoms with Crippen LogP contribution in [0, 0.1) is 0 Å². The van der Waals surface area contributed by atoms with E-state index in [2.05, 4.69) is 52.5 Å². The molecule has 1 saturated heterocycles. The number of ether oxygens (including phenoxy) is 2. The van der Waals surface area contributed by atoms with Crippen molar-refractivity contribution in [2.75, 3.05) is 6.61 Å². The summed E-state index contributed by atoms with van der Waals surface area (Å²) in [6, 6.07) is 17.1. The van der Waals surface area contributed by atoms with E-state index in [9.17, 15) is 0 Å². The lowest BCUT2D eigenvalue weighted by Crippen LogP contribution is -2.21. The second-order valence-corrected chi connectivity index (χ2v) is 8.68. The van der Waals surface area contributed by atoms with Gasteiger partial charge in [-0.2, -0.15) is 5.10 Å². The van der Waals surface area contributed by atoms with Crippen molar-refractivity contribution in [3.05, 3.63) is 72.2 Å². The molecule has 1 aliphatic heterocycles. The maximum atomic E-state index is 6.35. The molecule has 3 heterocycles. The minimum atomic E-state index is 0.0148. The third-order valence-electron chi connectivity index (χ3n) is 6.67. The third kappa shape index (κ3) is 4.73. The van der Waals surface area contributed by atoms with Crippen LogP contribution < -0.4 is 0 Å². The van der Waals surface area contributed by atoms with Gasteiger partial charge in [-0.05, 0) is 74.6 Å². The molecule has 3 aromatic rings. The Morgan fingerprint density at radius 3 is 2.58 bits per heavy atom. The van der Waals surface area contributed by atoms with Gasteiger partial charge in [0.2, 0.25) is 0 Å². The molecular weight excluding hydrogens is 386 g/mol. The first-order valence-electron chi connectivity index (χ1n) is 11.6. The molecule has 0 radical (unpaired) electrons. The van der Waals surface area contributed by atoms with Crippen LogP contribution in [0.5, 0.6) is 0 Å². The number of hydrogen-bond acceptors (Lipinski definition) is 4. The van der Waals surface area contributed by atoms with E-state index in [4.69, 9.17) is 9.47 Å². The average molecular weight is 418 g/mol. The maximum Gasteiger partial charge on any atom is 0.150 e. The molecule has 1 aliphatic carbocycles. The summed E-state index contributed by atoms with van der Waals surface area (Å²) in [5, 5.41) is 4.57. The number of hydrogen-bond donors (Lipinski definition) is 0. The number of nitrogens with zero attached hydrogens (tertiary/aromatic N) is 3. The van der Waals surface area contributed by atoms with E-state index in [0.29, 0.717) is 18.6 Å². The fourth-order valence-electron chi connectivity index (χ4n) is 4.94. The largest absolute Gasteiger partial charge is 0.372 e. The summed E-state index contributed by atoms with van der Waals surface area (Å²) in [7, 11) is 0. The quantitative estimate of drug-likeness (QED) is 0.502. The second kappa shape index (κ2) is 9.75. The standard InChI is InChI=1S/C26H31N3O2/c1-2-7-20(8-3-1)21-11-13-22(14-12-21)31-19-24-23(9-6-16-27-24)25-15-17-28-29(25)26-10-4-5-18-30-26/h1-3,6-9,15-17,21-22,26H,4-5,10-14,18-19H2. The van der Waals surface area contributed by atoms with Crippen LogP contribution in [-0.2, 0) is 16.1 Å². The van der Waals surface area contributed by atoms with Gasteiger partial charge < -0.3 is 9.47 Å². The maximum absolute atomic E-state index is 6.35. The monoisotopic (exact) mass is 417 g/mol. The molecule has 0 N–H and O–H groups in total. The van der Waals surface area contributed by atoms with Gasteiger partial charge in [-0.15, -0.1) is 0 Å². The Bertz CT molecular complexity index is 958. The molecule has 2 aliphatic rings. The normalized spacial score (nSPS) is 24.2. The Balaban J connectivity index is 1.24. The fraction of sp³-hybridized carbons (Fsp3) is 0.462. The molecule has 1 atom stereocenters. The molecule has 5 rings (SSSR count). The van der Waals surface area contributed by atoms with Gasteiger partial charge >= 0.3 is 0 Å². The Kier molecular flexibility index (Phi) is 6.42. The predicted octanol–water partition coefficient (Wildman–Crippen LogP) is 5.89. The first kappa shape index (κ1) is 20.4. The molecule has 2 aromatic heterocycles. The molecule has 5 nitrogen and oxygen atoms in total. The van der Waals surface area contributed by atoms with Gasteiger partial charge in [0, 0.05) is 24.6 Å². The molecule has 0 amide bonds. The fourth-order valence-corrected chi connectivity index (χ4v) is 4.94. The third-order valence-corrected chi connectivity index (χ3v) is 6.67. The molecular formula is C26H31N3O2. The summed E-state index contributed by atoms with van der Waals surface area (Å²) in [5.74, 6) is 0.663. The summed E-state index contributed by atoms with van der Waals surface area (Å²) in [5.41, 5.74) is 4.59. The molecule has 2 fully saturated rings. The number of rotatable bonds is 6. The highest BCUT2D eigenvalue weighted by Gasteiger charge is 2.24.